The fourth-order valence-corrected chi connectivity index (χ4v) is 4.15. The first-order valence-corrected chi connectivity index (χ1v) is 10.0. The Labute approximate surface area is 167 Å². The zero-order valence-electron chi connectivity index (χ0n) is 17.7. The van der Waals surface area contributed by atoms with E-state index >= 15 is 0 Å². The van der Waals surface area contributed by atoms with E-state index in [9.17, 15) is 9.59 Å². The molecule has 5 heteroatoms. The summed E-state index contributed by atoms with van der Waals surface area (Å²) in [4.78, 5) is 28.6. The van der Waals surface area contributed by atoms with Gasteiger partial charge in [-0.3, -0.25) is 14.5 Å². The van der Waals surface area contributed by atoms with Crippen LogP contribution in [-0.4, -0.2) is 58.8 Å². The van der Waals surface area contributed by atoms with Crippen LogP contribution in [0.3, 0.4) is 0 Å². The molecule has 1 saturated heterocycles. The Morgan fingerprint density at radius 2 is 1.68 bits per heavy atom. The summed E-state index contributed by atoms with van der Waals surface area (Å²) in [5.41, 5.74) is 5.19. The van der Waals surface area contributed by atoms with Crippen LogP contribution >= 0.6 is 0 Å². The third kappa shape index (κ3) is 4.20. The van der Waals surface area contributed by atoms with Gasteiger partial charge in [-0.2, -0.15) is 0 Å². The van der Waals surface area contributed by atoms with E-state index in [1.807, 2.05) is 31.9 Å². The Morgan fingerprint density at radius 3 is 2.25 bits per heavy atom. The largest absolute Gasteiger partial charge is 0.343 e. The molecule has 28 heavy (non-hydrogen) atoms. The Morgan fingerprint density at radius 1 is 1.07 bits per heavy atom. The lowest BCUT2D eigenvalue weighted by atomic mass is 10.0. The number of hydrogen-bond acceptors (Lipinski definition) is 3. The van der Waals surface area contributed by atoms with Gasteiger partial charge in [-0.05, 0) is 51.8 Å². The van der Waals surface area contributed by atoms with Gasteiger partial charge in [-0.15, -0.1) is 0 Å². The first kappa shape index (κ1) is 20.3. The topological polar surface area (TPSA) is 45.6 Å². The van der Waals surface area contributed by atoms with Crippen LogP contribution in [0.1, 0.15) is 47.1 Å². The highest BCUT2D eigenvalue weighted by Crippen LogP contribution is 2.23. The van der Waals surface area contributed by atoms with Gasteiger partial charge in [0.05, 0.1) is 6.54 Å². The van der Waals surface area contributed by atoms with Gasteiger partial charge in [0, 0.05) is 55.7 Å². The maximum absolute atomic E-state index is 13.0. The number of carbonyl (C=O) groups excluding carboxylic acids is 2. The molecule has 0 N–H and O–H groups in total. The molecule has 1 aromatic heterocycles. The number of carbonyl (C=O) groups is 2. The van der Waals surface area contributed by atoms with Gasteiger partial charge in [-0.1, -0.05) is 17.7 Å². The van der Waals surface area contributed by atoms with Crippen molar-refractivity contribution in [3.63, 3.8) is 0 Å². The van der Waals surface area contributed by atoms with Crippen molar-refractivity contribution in [2.45, 2.75) is 46.6 Å². The summed E-state index contributed by atoms with van der Waals surface area (Å²) < 4.78 is 2.15. The Kier molecular flexibility index (Phi) is 6.04. The van der Waals surface area contributed by atoms with Gasteiger partial charge in [-0.25, -0.2) is 0 Å². The van der Waals surface area contributed by atoms with Crippen molar-refractivity contribution in [2.75, 3.05) is 26.7 Å². The Hall–Kier alpha value is -2.40. The van der Waals surface area contributed by atoms with Crippen LogP contribution < -0.4 is 0 Å². The number of ketones is 1. The maximum atomic E-state index is 13.0. The fourth-order valence-electron chi connectivity index (χ4n) is 4.15. The molecule has 1 aliphatic rings. The highest BCUT2D eigenvalue weighted by molar-refractivity contribution is 5.99. The zero-order chi connectivity index (χ0) is 20.4. The molecule has 3 rings (SSSR count). The normalized spacial score (nSPS) is 15.6. The number of amides is 1. The molecule has 0 unspecified atom stereocenters. The molecule has 2 heterocycles. The quantitative estimate of drug-likeness (QED) is 0.745. The number of nitrogens with zero attached hydrogens (tertiary/aromatic N) is 3. The predicted molar refractivity (Wildman–Crippen MR) is 112 cm³/mol. The summed E-state index contributed by atoms with van der Waals surface area (Å²) >= 11 is 0. The summed E-state index contributed by atoms with van der Waals surface area (Å²) in [5, 5.41) is 0. The van der Waals surface area contributed by atoms with Crippen molar-refractivity contribution in [3.05, 3.63) is 52.8 Å². The third-order valence-electron chi connectivity index (χ3n) is 5.99. The number of Topliss-reactive ketones (excluding diaryl/α,β-unsaturated/α-hetero) is 1. The average Bonchev–Trinajstić information content (AvgIpc) is 2.97. The maximum Gasteiger partial charge on any atom is 0.219 e. The van der Waals surface area contributed by atoms with Crippen LogP contribution in [0, 0.1) is 20.8 Å². The first-order chi connectivity index (χ1) is 13.3. The van der Waals surface area contributed by atoms with Crippen LogP contribution in [0.4, 0.5) is 0 Å². The van der Waals surface area contributed by atoms with Crippen LogP contribution in [0.25, 0.3) is 5.69 Å². The lowest BCUT2D eigenvalue weighted by Crippen LogP contribution is -2.46. The van der Waals surface area contributed by atoms with Gasteiger partial charge in [0.15, 0.2) is 5.78 Å². The number of benzene rings is 1. The minimum absolute atomic E-state index is 0.109. The van der Waals surface area contributed by atoms with E-state index in [2.05, 4.69) is 40.7 Å². The molecule has 1 aromatic carbocycles. The van der Waals surface area contributed by atoms with Crippen molar-refractivity contribution in [3.8, 4) is 5.69 Å². The van der Waals surface area contributed by atoms with E-state index in [0.29, 0.717) is 6.54 Å². The van der Waals surface area contributed by atoms with E-state index in [4.69, 9.17) is 0 Å². The summed E-state index contributed by atoms with van der Waals surface area (Å²) in [5.74, 6) is 0.280. The standard InChI is InChI=1S/C23H31N3O2/c1-16-6-8-21(9-7-16)26-17(2)14-22(18(26)3)23(28)15-25-12-10-20(11-13-25)24(5)19(4)27/h6-9,14,20H,10-13,15H2,1-5H3. The van der Waals surface area contributed by atoms with Crippen molar-refractivity contribution in [2.24, 2.45) is 0 Å². The van der Waals surface area contributed by atoms with Crippen molar-refractivity contribution in [1.29, 1.82) is 0 Å². The number of piperidine rings is 1. The second-order valence-electron chi connectivity index (χ2n) is 8.02. The fraction of sp³-hybridized carbons (Fsp3) is 0.478. The lowest BCUT2D eigenvalue weighted by molar-refractivity contribution is -0.130. The van der Waals surface area contributed by atoms with E-state index in [0.717, 1.165) is 48.6 Å². The molecule has 5 nitrogen and oxygen atoms in total. The molecule has 1 amide bonds. The van der Waals surface area contributed by atoms with Crippen LogP contribution in [0.15, 0.2) is 30.3 Å². The molecule has 0 aliphatic carbocycles. The minimum Gasteiger partial charge on any atom is -0.343 e. The molecular weight excluding hydrogens is 350 g/mol. The number of aromatic nitrogens is 1. The van der Waals surface area contributed by atoms with Gasteiger partial charge in [0.25, 0.3) is 0 Å². The van der Waals surface area contributed by atoms with Crippen LogP contribution in [0.2, 0.25) is 0 Å². The number of hydrogen-bond donors (Lipinski definition) is 0. The number of rotatable bonds is 5. The second kappa shape index (κ2) is 8.31. The van der Waals surface area contributed by atoms with Crippen LogP contribution in [-0.2, 0) is 4.79 Å². The second-order valence-corrected chi connectivity index (χ2v) is 8.02. The molecule has 2 aromatic rings. The predicted octanol–water partition coefficient (Wildman–Crippen LogP) is 3.53. The molecule has 0 atom stereocenters. The summed E-state index contributed by atoms with van der Waals surface area (Å²) in [7, 11) is 1.87. The summed E-state index contributed by atoms with van der Waals surface area (Å²) in [6, 6.07) is 10.7. The van der Waals surface area contributed by atoms with E-state index in [-0.39, 0.29) is 17.7 Å². The van der Waals surface area contributed by atoms with Gasteiger partial charge >= 0.3 is 0 Å². The summed E-state index contributed by atoms with van der Waals surface area (Å²) in [6.07, 6.45) is 1.84. The van der Waals surface area contributed by atoms with Crippen LogP contribution in [0.5, 0.6) is 0 Å². The minimum atomic E-state index is 0.109. The Balaban J connectivity index is 1.68. The van der Waals surface area contributed by atoms with Crippen molar-refractivity contribution in [1.82, 2.24) is 14.4 Å². The highest BCUT2D eigenvalue weighted by atomic mass is 16.2. The smallest absolute Gasteiger partial charge is 0.219 e. The molecule has 1 aliphatic heterocycles. The van der Waals surface area contributed by atoms with Gasteiger partial charge in [0.2, 0.25) is 5.91 Å². The van der Waals surface area contributed by atoms with E-state index in [1.165, 1.54) is 5.56 Å². The number of aryl methyl sites for hydroxylation is 2. The Bertz CT molecular complexity index is 859. The molecule has 150 valence electrons. The van der Waals surface area contributed by atoms with Gasteiger partial charge < -0.3 is 9.47 Å². The van der Waals surface area contributed by atoms with E-state index in [1.54, 1.807) is 6.92 Å². The average molecular weight is 382 g/mol. The molecule has 0 spiro atoms. The van der Waals surface area contributed by atoms with Crippen molar-refractivity contribution >= 4 is 11.7 Å². The monoisotopic (exact) mass is 381 g/mol. The first-order valence-electron chi connectivity index (χ1n) is 10.0. The third-order valence-corrected chi connectivity index (χ3v) is 5.99. The zero-order valence-corrected chi connectivity index (χ0v) is 17.7. The highest BCUT2D eigenvalue weighted by Gasteiger charge is 2.26. The molecular formula is C23H31N3O2. The lowest BCUT2D eigenvalue weighted by Gasteiger charge is -2.36. The molecule has 0 radical (unpaired) electrons. The number of likely N-dealkylation sites (tertiary alicyclic amines) is 1. The van der Waals surface area contributed by atoms with E-state index < -0.39 is 0 Å². The SMILES string of the molecule is CC(=O)N(C)C1CCN(CC(=O)c2cc(C)n(-c3ccc(C)cc3)c2C)CC1. The summed E-state index contributed by atoms with van der Waals surface area (Å²) in [6.45, 7) is 9.90. The van der Waals surface area contributed by atoms with Gasteiger partial charge in [0.1, 0.15) is 0 Å². The molecule has 0 saturated carbocycles. The molecule has 0 bridgehead atoms. The van der Waals surface area contributed by atoms with Crippen molar-refractivity contribution < 1.29 is 9.59 Å². The molecule has 1 fully saturated rings.